The molecule has 2 nitrogen and oxygen atoms in total. The van der Waals surface area contributed by atoms with Gasteiger partial charge in [0.05, 0.1) is 6.10 Å². The third-order valence-electron chi connectivity index (χ3n) is 3.05. The van der Waals surface area contributed by atoms with Crippen molar-refractivity contribution >= 4 is 11.3 Å². The minimum atomic E-state index is -0.611. The number of benzene rings is 1. The molecule has 0 fully saturated rings. The van der Waals surface area contributed by atoms with Crippen LogP contribution in [0.25, 0.3) is 0 Å². The Morgan fingerprint density at radius 2 is 2.21 bits per heavy atom. The molecule has 0 aliphatic heterocycles. The maximum absolute atomic E-state index is 13.1. The zero-order valence-electron chi connectivity index (χ0n) is 10.9. The number of rotatable bonds is 6. The molecule has 1 aromatic heterocycles. The van der Waals surface area contributed by atoms with Crippen molar-refractivity contribution in [3.05, 3.63) is 58.0 Å². The standard InChI is InChI=1S/C15H18FNOS/c1-17(10-12-6-8-19-11-12)7-5-15(18)13-3-2-4-14(16)9-13/h2-4,6,8-9,11,15,18H,5,7,10H2,1H3. The fourth-order valence-electron chi connectivity index (χ4n) is 2.00. The van der Waals surface area contributed by atoms with E-state index >= 15 is 0 Å². The van der Waals surface area contributed by atoms with Crippen LogP contribution in [0.15, 0.2) is 41.1 Å². The molecular formula is C15H18FNOS. The van der Waals surface area contributed by atoms with Crippen molar-refractivity contribution in [3.8, 4) is 0 Å². The largest absolute Gasteiger partial charge is 0.388 e. The maximum atomic E-state index is 13.1. The fraction of sp³-hybridized carbons (Fsp3) is 0.333. The first kappa shape index (κ1) is 14.2. The summed E-state index contributed by atoms with van der Waals surface area (Å²) in [7, 11) is 2.02. The zero-order valence-corrected chi connectivity index (χ0v) is 11.7. The average Bonchev–Trinajstić information content (AvgIpc) is 2.88. The Kier molecular flexibility index (Phi) is 5.07. The van der Waals surface area contributed by atoms with Crippen LogP contribution in [0.3, 0.4) is 0 Å². The van der Waals surface area contributed by atoms with Crippen molar-refractivity contribution < 1.29 is 9.50 Å². The van der Waals surface area contributed by atoms with E-state index in [0.717, 1.165) is 13.1 Å². The highest BCUT2D eigenvalue weighted by atomic mass is 32.1. The molecule has 2 rings (SSSR count). The lowest BCUT2D eigenvalue weighted by Crippen LogP contribution is -2.20. The van der Waals surface area contributed by atoms with Gasteiger partial charge in [0, 0.05) is 13.1 Å². The van der Waals surface area contributed by atoms with Gasteiger partial charge in [0.15, 0.2) is 0 Å². The molecule has 0 radical (unpaired) electrons. The second-order valence-corrected chi connectivity index (χ2v) is 5.51. The summed E-state index contributed by atoms with van der Waals surface area (Å²) >= 11 is 1.69. The number of halogens is 1. The fourth-order valence-corrected chi connectivity index (χ4v) is 2.66. The molecule has 1 aromatic carbocycles. The van der Waals surface area contributed by atoms with E-state index in [2.05, 4.69) is 21.7 Å². The van der Waals surface area contributed by atoms with E-state index in [1.807, 2.05) is 7.05 Å². The van der Waals surface area contributed by atoms with Gasteiger partial charge >= 0.3 is 0 Å². The van der Waals surface area contributed by atoms with Crippen molar-refractivity contribution in [2.75, 3.05) is 13.6 Å². The van der Waals surface area contributed by atoms with E-state index in [4.69, 9.17) is 0 Å². The van der Waals surface area contributed by atoms with Gasteiger partial charge in [-0.25, -0.2) is 4.39 Å². The molecule has 0 saturated carbocycles. The van der Waals surface area contributed by atoms with Gasteiger partial charge in [-0.3, -0.25) is 0 Å². The normalized spacial score (nSPS) is 12.8. The number of aliphatic hydroxyl groups is 1. The summed E-state index contributed by atoms with van der Waals surface area (Å²) in [5.41, 5.74) is 1.93. The molecule has 2 aromatic rings. The Morgan fingerprint density at radius 3 is 2.89 bits per heavy atom. The smallest absolute Gasteiger partial charge is 0.123 e. The molecule has 0 spiro atoms. The van der Waals surface area contributed by atoms with E-state index in [0.29, 0.717) is 12.0 Å². The molecule has 1 heterocycles. The predicted octanol–water partition coefficient (Wildman–Crippen LogP) is 3.44. The monoisotopic (exact) mass is 279 g/mol. The molecule has 1 atom stereocenters. The van der Waals surface area contributed by atoms with Crippen LogP contribution in [0.5, 0.6) is 0 Å². The van der Waals surface area contributed by atoms with Crippen LogP contribution < -0.4 is 0 Å². The van der Waals surface area contributed by atoms with E-state index in [-0.39, 0.29) is 5.82 Å². The first-order valence-corrected chi connectivity index (χ1v) is 7.22. The van der Waals surface area contributed by atoms with Gasteiger partial charge in [0.2, 0.25) is 0 Å². The van der Waals surface area contributed by atoms with Crippen LogP contribution in [0, 0.1) is 5.82 Å². The molecule has 0 bridgehead atoms. The molecule has 1 unspecified atom stereocenters. The summed E-state index contributed by atoms with van der Waals surface area (Å²) in [6, 6.07) is 8.27. The van der Waals surface area contributed by atoms with Crippen LogP contribution >= 0.6 is 11.3 Å². The van der Waals surface area contributed by atoms with E-state index < -0.39 is 6.10 Å². The Hall–Kier alpha value is -1.23. The third kappa shape index (κ3) is 4.42. The summed E-state index contributed by atoms with van der Waals surface area (Å²) in [5, 5.41) is 14.2. The van der Waals surface area contributed by atoms with Gasteiger partial charge in [0.25, 0.3) is 0 Å². The van der Waals surface area contributed by atoms with E-state index in [9.17, 15) is 9.50 Å². The minimum Gasteiger partial charge on any atom is -0.388 e. The number of hydrogen-bond acceptors (Lipinski definition) is 3. The number of aliphatic hydroxyl groups excluding tert-OH is 1. The quantitative estimate of drug-likeness (QED) is 0.875. The SMILES string of the molecule is CN(CCC(O)c1cccc(F)c1)Cc1ccsc1. The molecule has 4 heteroatoms. The van der Waals surface area contributed by atoms with Gasteiger partial charge in [-0.15, -0.1) is 0 Å². The van der Waals surface area contributed by atoms with Crippen LogP contribution in [0.2, 0.25) is 0 Å². The van der Waals surface area contributed by atoms with Gasteiger partial charge < -0.3 is 10.0 Å². The van der Waals surface area contributed by atoms with Crippen molar-refractivity contribution in [1.82, 2.24) is 4.90 Å². The first-order valence-electron chi connectivity index (χ1n) is 6.28. The lowest BCUT2D eigenvalue weighted by molar-refractivity contribution is 0.147. The lowest BCUT2D eigenvalue weighted by atomic mass is 10.1. The van der Waals surface area contributed by atoms with Crippen molar-refractivity contribution in [2.45, 2.75) is 19.1 Å². The second-order valence-electron chi connectivity index (χ2n) is 4.73. The number of thiophene rings is 1. The van der Waals surface area contributed by atoms with Gasteiger partial charge in [-0.2, -0.15) is 11.3 Å². The molecule has 1 N–H and O–H groups in total. The van der Waals surface area contributed by atoms with E-state index in [1.165, 1.54) is 17.7 Å². The number of nitrogens with zero attached hydrogens (tertiary/aromatic N) is 1. The van der Waals surface area contributed by atoms with Crippen molar-refractivity contribution in [1.29, 1.82) is 0 Å². The molecular weight excluding hydrogens is 261 g/mol. The van der Waals surface area contributed by atoms with E-state index in [1.54, 1.807) is 23.5 Å². The predicted molar refractivity (Wildman–Crippen MR) is 76.6 cm³/mol. The molecule has 0 aliphatic rings. The Morgan fingerprint density at radius 1 is 1.37 bits per heavy atom. The maximum Gasteiger partial charge on any atom is 0.123 e. The summed E-state index contributed by atoms with van der Waals surface area (Å²) < 4.78 is 13.1. The van der Waals surface area contributed by atoms with Crippen LogP contribution in [-0.4, -0.2) is 23.6 Å². The molecule has 19 heavy (non-hydrogen) atoms. The van der Waals surface area contributed by atoms with Gasteiger partial charge in [0.1, 0.15) is 5.82 Å². The Bertz CT molecular complexity index is 501. The summed E-state index contributed by atoms with van der Waals surface area (Å²) in [5.74, 6) is -0.303. The highest BCUT2D eigenvalue weighted by Crippen LogP contribution is 2.18. The number of hydrogen-bond donors (Lipinski definition) is 1. The molecule has 0 aliphatic carbocycles. The third-order valence-corrected chi connectivity index (χ3v) is 3.78. The topological polar surface area (TPSA) is 23.5 Å². The van der Waals surface area contributed by atoms with Crippen LogP contribution in [0.4, 0.5) is 4.39 Å². The average molecular weight is 279 g/mol. The second kappa shape index (κ2) is 6.80. The minimum absolute atomic E-state index is 0.303. The molecule has 0 amide bonds. The first-order chi connectivity index (χ1) is 9.15. The molecule has 0 saturated heterocycles. The summed E-state index contributed by atoms with van der Waals surface area (Å²) in [6.45, 7) is 1.65. The van der Waals surface area contributed by atoms with Gasteiger partial charge in [-0.05, 0) is 53.6 Å². The highest BCUT2D eigenvalue weighted by molar-refractivity contribution is 7.07. The summed E-state index contributed by atoms with van der Waals surface area (Å²) in [6.07, 6.45) is -0.00925. The zero-order chi connectivity index (χ0) is 13.7. The van der Waals surface area contributed by atoms with Crippen molar-refractivity contribution in [2.24, 2.45) is 0 Å². The molecule has 102 valence electrons. The Balaban J connectivity index is 1.81. The van der Waals surface area contributed by atoms with Crippen LogP contribution in [0.1, 0.15) is 23.7 Å². The summed E-state index contributed by atoms with van der Waals surface area (Å²) in [4.78, 5) is 2.16. The van der Waals surface area contributed by atoms with Gasteiger partial charge in [-0.1, -0.05) is 12.1 Å². The highest BCUT2D eigenvalue weighted by Gasteiger charge is 2.10. The lowest BCUT2D eigenvalue weighted by Gasteiger charge is -2.18. The van der Waals surface area contributed by atoms with Crippen LogP contribution in [-0.2, 0) is 6.54 Å². The Labute approximate surface area is 117 Å². The van der Waals surface area contributed by atoms with Crippen molar-refractivity contribution in [3.63, 3.8) is 0 Å².